The maximum absolute atomic E-state index is 13.7. The van der Waals surface area contributed by atoms with Crippen molar-refractivity contribution in [2.24, 2.45) is 5.92 Å². The molecular weight excluding hydrogens is 304 g/mol. The molecule has 1 N–H and O–H groups in total. The van der Waals surface area contributed by atoms with Crippen LogP contribution in [0.2, 0.25) is 0 Å². The van der Waals surface area contributed by atoms with Crippen LogP contribution < -0.4 is 5.32 Å². The van der Waals surface area contributed by atoms with Gasteiger partial charge in [0.05, 0.1) is 17.9 Å². The molecule has 1 aromatic carbocycles. The van der Waals surface area contributed by atoms with E-state index in [2.05, 4.69) is 0 Å². The zero-order valence-corrected chi connectivity index (χ0v) is 11.9. The number of benzene rings is 1. The van der Waals surface area contributed by atoms with Crippen LogP contribution in [0.4, 0.5) is 28.0 Å². The smallest absolute Gasteiger partial charge is 0.381 e. The molecule has 0 saturated carbocycles. The van der Waals surface area contributed by atoms with Gasteiger partial charge in [-0.25, -0.2) is 9.18 Å². The van der Waals surface area contributed by atoms with Gasteiger partial charge < -0.3 is 15.0 Å². The highest BCUT2D eigenvalue weighted by atomic mass is 19.4. The number of hydrogen-bond donors (Lipinski definition) is 1. The minimum atomic E-state index is -4.75. The summed E-state index contributed by atoms with van der Waals surface area (Å²) < 4.78 is 57.4. The number of nitrogens with zero attached hydrogens (tertiary/aromatic N) is 1. The van der Waals surface area contributed by atoms with E-state index in [0.717, 1.165) is 24.6 Å². The number of carbonyl (C=O) groups is 1. The molecule has 1 atom stereocenters. The lowest BCUT2D eigenvalue weighted by Gasteiger charge is -2.22. The Morgan fingerprint density at radius 1 is 1.45 bits per heavy atom. The molecule has 1 aliphatic rings. The van der Waals surface area contributed by atoms with Gasteiger partial charge in [-0.3, -0.25) is 0 Å². The average Bonchev–Trinajstić information content (AvgIpc) is 2.92. The van der Waals surface area contributed by atoms with Crippen molar-refractivity contribution >= 4 is 11.7 Å². The number of rotatable bonds is 3. The van der Waals surface area contributed by atoms with Crippen molar-refractivity contribution in [3.8, 4) is 0 Å². The third kappa shape index (κ3) is 3.88. The molecule has 1 saturated heterocycles. The minimum absolute atomic E-state index is 0.137. The molecule has 8 heteroatoms. The largest absolute Gasteiger partial charge is 0.418 e. The molecule has 0 unspecified atom stereocenters. The Morgan fingerprint density at radius 2 is 2.18 bits per heavy atom. The molecule has 1 heterocycles. The number of ether oxygens (including phenoxy) is 1. The highest BCUT2D eigenvalue weighted by molar-refractivity contribution is 5.90. The zero-order chi connectivity index (χ0) is 16.3. The summed E-state index contributed by atoms with van der Waals surface area (Å²) in [6, 6.07) is 1.76. The Labute approximate surface area is 125 Å². The van der Waals surface area contributed by atoms with Gasteiger partial charge in [-0.2, -0.15) is 13.2 Å². The van der Waals surface area contributed by atoms with Gasteiger partial charge in [0.1, 0.15) is 5.82 Å². The maximum Gasteiger partial charge on any atom is 0.418 e. The third-order valence-electron chi connectivity index (χ3n) is 3.45. The molecule has 2 amide bonds. The molecule has 1 aromatic rings. The average molecular weight is 320 g/mol. The van der Waals surface area contributed by atoms with Crippen molar-refractivity contribution in [3.63, 3.8) is 0 Å². The second-order valence-electron chi connectivity index (χ2n) is 5.20. The summed E-state index contributed by atoms with van der Waals surface area (Å²) in [5, 5.41) is 2.01. The van der Waals surface area contributed by atoms with Gasteiger partial charge in [-0.15, -0.1) is 0 Å². The van der Waals surface area contributed by atoms with Crippen molar-refractivity contribution in [2.45, 2.75) is 12.6 Å². The Morgan fingerprint density at radius 3 is 2.77 bits per heavy atom. The SMILES string of the molecule is CN(C[C@H]1CCOC1)C(=O)Nc1c(F)cccc1C(F)(F)F. The van der Waals surface area contributed by atoms with Gasteiger partial charge >= 0.3 is 12.2 Å². The van der Waals surface area contributed by atoms with E-state index < -0.39 is 29.3 Å². The van der Waals surface area contributed by atoms with Crippen molar-refractivity contribution < 1.29 is 27.1 Å². The Balaban J connectivity index is 2.10. The van der Waals surface area contributed by atoms with Gasteiger partial charge in [0.2, 0.25) is 0 Å². The van der Waals surface area contributed by atoms with E-state index in [9.17, 15) is 22.4 Å². The van der Waals surface area contributed by atoms with E-state index in [1.165, 1.54) is 11.9 Å². The lowest BCUT2D eigenvalue weighted by atomic mass is 10.1. The number of halogens is 4. The third-order valence-corrected chi connectivity index (χ3v) is 3.45. The van der Waals surface area contributed by atoms with E-state index in [4.69, 9.17) is 4.74 Å². The highest BCUT2D eigenvalue weighted by Gasteiger charge is 2.35. The van der Waals surface area contributed by atoms with E-state index in [1.807, 2.05) is 5.32 Å². The first kappa shape index (κ1) is 16.5. The summed E-state index contributed by atoms with van der Waals surface area (Å²) >= 11 is 0. The number of para-hydroxylation sites is 1. The fourth-order valence-electron chi connectivity index (χ4n) is 2.29. The number of urea groups is 1. The topological polar surface area (TPSA) is 41.6 Å². The Kier molecular flexibility index (Phi) is 4.90. The fourth-order valence-corrected chi connectivity index (χ4v) is 2.29. The molecule has 0 spiro atoms. The first-order valence-electron chi connectivity index (χ1n) is 6.74. The Hall–Kier alpha value is -1.83. The van der Waals surface area contributed by atoms with Crippen LogP contribution in [0.15, 0.2) is 18.2 Å². The standard InChI is InChI=1S/C14H16F4N2O2/c1-20(7-9-5-6-22-8-9)13(21)19-12-10(14(16,17)18)3-2-4-11(12)15/h2-4,9H,5-8H2,1H3,(H,19,21)/t9-/m1/s1. The monoisotopic (exact) mass is 320 g/mol. The summed E-state index contributed by atoms with van der Waals surface area (Å²) in [7, 11) is 1.45. The number of hydrogen-bond acceptors (Lipinski definition) is 2. The van der Waals surface area contributed by atoms with E-state index in [1.54, 1.807) is 0 Å². The van der Waals surface area contributed by atoms with Gasteiger partial charge in [-0.1, -0.05) is 6.07 Å². The van der Waals surface area contributed by atoms with E-state index in [0.29, 0.717) is 19.8 Å². The number of amides is 2. The fraction of sp³-hybridized carbons (Fsp3) is 0.500. The van der Waals surface area contributed by atoms with Crippen molar-refractivity contribution in [3.05, 3.63) is 29.6 Å². The molecule has 0 aromatic heterocycles. The van der Waals surface area contributed by atoms with Gasteiger partial charge in [0.15, 0.2) is 0 Å². The molecule has 1 aliphatic heterocycles. The first-order valence-corrected chi connectivity index (χ1v) is 6.74. The molecule has 1 fully saturated rings. The van der Waals surface area contributed by atoms with Crippen molar-refractivity contribution in [2.75, 3.05) is 32.1 Å². The molecule has 0 bridgehead atoms. The lowest BCUT2D eigenvalue weighted by Crippen LogP contribution is -2.36. The predicted octanol–water partition coefficient (Wildman–Crippen LogP) is 3.34. The van der Waals surface area contributed by atoms with Gasteiger partial charge in [0, 0.05) is 26.1 Å². The molecule has 2 rings (SSSR count). The zero-order valence-electron chi connectivity index (χ0n) is 11.9. The van der Waals surface area contributed by atoms with E-state index >= 15 is 0 Å². The summed E-state index contributed by atoms with van der Waals surface area (Å²) in [5.74, 6) is -0.987. The first-order chi connectivity index (χ1) is 10.3. The van der Waals surface area contributed by atoms with Gasteiger partial charge in [-0.05, 0) is 18.6 Å². The summed E-state index contributed by atoms with van der Waals surface area (Å²) in [6.07, 6.45) is -3.96. The molecule has 22 heavy (non-hydrogen) atoms. The van der Waals surface area contributed by atoms with Crippen LogP contribution in [-0.2, 0) is 10.9 Å². The van der Waals surface area contributed by atoms with Crippen molar-refractivity contribution in [1.82, 2.24) is 4.90 Å². The van der Waals surface area contributed by atoms with Crippen molar-refractivity contribution in [1.29, 1.82) is 0 Å². The van der Waals surface area contributed by atoms with Crippen LogP contribution >= 0.6 is 0 Å². The quantitative estimate of drug-likeness (QED) is 0.868. The second kappa shape index (κ2) is 6.51. The molecule has 0 aliphatic carbocycles. The summed E-state index contributed by atoms with van der Waals surface area (Å²) in [4.78, 5) is 13.2. The molecular formula is C14H16F4N2O2. The number of anilines is 1. The predicted molar refractivity (Wildman–Crippen MR) is 72.0 cm³/mol. The van der Waals surface area contributed by atoms with Crippen LogP contribution in [0.25, 0.3) is 0 Å². The Bertz CT molecular complexity index is 542. The minimum Gasteiger partial charge on any atom is -0.381 e. The molecule has 122 valence electrons. The summed E-state index contributed by atoms with van der Waals surface area (Å²) in [5.41, 5.74) is -2.06. The lowest BCUT2D eigenvalue weighted by molar-refractivity contribution is -0.137. The molecule has 0 radical (unpaired) electrons. The van der Waals surface area contributed by atoms with Crippen LogP contribution in [0, 0.1) is 11.7 Å². The van der Waals surface area contributed by atoms with Crippen LogP contribution in [-0.4, -0.2) is 37.7 Å². The van der Waals surface area contributed by atoms with Crippen LogP contribution in [0.5, 0.6) is 0 Å². The molecule has 4 nitrogen and oxygen atoms in total. The summed E-state index contributed by atoms with van der Waals surface area (Å²) in [6.45, 7) is 1.44. The van der Waals surface area contributed by atoms with Crippen LogP contribution in [0.1, 0.15) is 12.0 Å². The normalized spacial score (nSPS) is 18.3. The second-order valence-corrected chi connectivity index (χ2v) is 5.20. The van der Waals surface area contributed by atoms with Gasteiger partial charge in [0.25, 0.3) is 0 Å². The van der Waals surface area contributed by atoms with E-state index in [-0.39, 0.29) is 5.92 Å². The number of nitrogens with one attached hydrogen (secondary N) is 1. The van der Waals surface area contributed by atoms with Crippen LogP contribution in [0.3, 0.4) is 0 Å². The highest BCUT2D eigenvalue weighted by Crippen LogP contribution is 2.36. The number of carbonyl (C=O) groups excluding carboxylic acids is 1. The maximum atomic E-state index is 13.7. The number of alkyl halides is 3.